The molecule has 19 heavy (non-hydrogen) atoms. The standard InChI is InChI=1S/C13H19N5O/c1-9-5-10(2)18-13(16-9)11(7-15-18)6-14-12(19)8-17(3)4/h5,7H,6,8H2,1-4H3,(H,14,19). The molecule has 0 unspecified atom stereocenters. The second kappa shape index (κ2) is 5.36. The molecule has 6 nitrogen and oxygen atoms in total. The number of aryl methyl sites for hydroxylation is 2. The van der Waals surface area contributed by atoms with Gasteiger partial charge in [0, 0.05) is 23.5 Å². The molecule has 0 aliphatic rings. The average Bonchev–Trinajstić information content (AvgIpc) is 2.68. The summed E-state index contributed by atoms with van der Waals surface area (Å²) in [5, 5.41) is 7.16. The first kappa shape index (κ1) is 13.5. The largest absolute Gasteiger partial charge is 0.351 e. The highest BCUT2D eigenvalue weighted by molar-refractivity contribution is 5.78. The van der Waals surface area contributed by atoms with Crippen LogP contribution in [-0.4, -0.2) is 46.0 Å². The fourth-order valence-electron chi connectivity index (χ4n) is 1.98. The SMILES string of the molecule is Cc1cc(C)n2ncc(CNC(=O)CN(C)C)c2n1. The molecule has 0 radical (unpaired) electrons. The van der Waals surface area contributed by atoms with Crippen molar-refractivity contribution in [3.05, 3.63) is 29.2 Å². The third-order valence-corrected chi connectivity index (χ3v) is 2.79. The second-order valence-electron chi connectivity index (χ2n) is 4.96. The van der Waals surface area contributed by atoms with Crippen molar-refractivity contribution in [2.45, 2.75) is 20.4 Å². The first-order chi connectivity index (χ1) is 8.97. The lowest BCUT2D eigenvalue weighted by Gasteiger charge is -2.09. The molecule has 0 saturated heterocycles. The molecule has 0 saturated carbocycles. The Bertz CT molecular complexity index is 602. The van der Waals surface area contributed by atoms with Gasteiger partial charge in [-0.05, 0) is 34.0 Å². The molecule has 2 rings (SSSR count). The van der Waals surface area contributed by atoms with Gasteiger partial charge in [-0.3, -0.25) is 4.79 Å². The molecular formula is C13H19N5O. The third-order valence-electron chi connectivity index (χ3n) is 2.79. The predicted octanol–water partition coefficient (Wildman–Crippen LogP) is 0.524. The number of fused-ring (bicyclic) bond motifs is 1. The van der Waals surface area contributed by atoms with E-state index in [0.717, 1.165) is 22.6 Å². The second-order valence-corrected chi connectivity index (χ2v) is 4.96. The fraction of sp³-hybridized carbons (Fsp3) is 0.462. The molecule has 0 aromatic carbocycles. The van der Waals surface area contributed by atoms with Gasteiger partial charge in [-0.15, -0.1) is 0 Å². The van der Waals surface area contributed by atoms with Crippen LogP contribution in [0.15, 0.2) is 12.3 Å². The van der Waals surface area contributed by atoms with Crippen LogP contribution in [0.1, 0.15) is 17.0 Å². The lowest BCUT2D eigenvalue weighted by molar-refractivity contribution is -0.121. The van der Waals surface area contributed by atoms with Crippen LogP contribution in [0.2, 0.25) is 0 Å². The lowest BCUT2D eigenvalue weighted by Crippen LogP contribution is -2.32. The minimum Gasteiger partial charge on any atom is -0.351 e. The van der Waals surface area contributed by atoms with E-state index in [0.29, 0.717) is 13.1 Å². The molecule has 0 bridgehead atoms. The maximum atomic E-state index is 11.6. The third kappa shape index (κ3) is 3.08. The Labute approximate surface area is 112 Å². The Morgan fingerprint density at radius 1 is 1.42 bits per heavy atom. The van der Waals surface area contributed by atoms with E-state index < -0.39 is 0 Å². The quantitative estimate of drug-likeness (QED) is 0.872. The summed E-state index contributed by atoms with van der Waals surface area (Å²) in [4.78, 5) is 17.9. The fourth-order valence-corrected chi connectivity index (χ4v) is 1.98. The Kier molecular flexibility index (Phi) is 3.80. The van der Waals surface area contributed by atoms with E-state index >= 15 is 0 Å². The van der Waals surface area contributed by atoms with Crippen LogP contribution in [-0.2, 0) is 11.3 Å². The number of nitrogens with zero attached hydrogens (tertiary/aromatic N) is 4. The van der Waals surface area contributed by atoms with Crippen molar-refractivity contribution in [1.29, 1.82) is 0 Å². The summed E-state index contributed by atoms with van der Waals surface area (Å²) < 4.78 is 1.79. The van der Waals surface area contributed by atoms with E-state index in [1.165, 1.54) is 0 Å². The summed E-state index contributed by atoms with van der Waals surface area (Å²) in [6, 6.07) is 1.98. The molecule has 0 spiro atoms. The van der Waals surface area contributed by atoms with Crippen molar-refractivity contribution in [3.8, 4) is 0 Å². The maximum Gasteiger partial charge on any atom is 0.234 e. The van der Waals surface area contributed by atoms with E-state index in [-0.39, 0.29) is 5.91 Å². The number of carbonyl (C=O) groups is 1. The number of aromatic nitrogens is 3. The summed E-state index contributed by atoms with van der Waals surface area (Å²) in [6.07, 6.45) is 1.75. The zero-order valence-electron chi connectivity index (χ0n) is 11.8. The smallest absolute Gasteiger partial charge is 0.234 e. The van der Waals surface area contributed by atoms with Crippen molar-refractivity contribution in [3.63, 3.8) is 0 Å². The van der Waals surface area contributed by atoms with E-state index in [9.17, 15) is 4.79 Å². The van der Waals surface area contributed by atoms with E-state index in [2.05, 4.69) is 15.4 Å². The monoisotopic (exact) mass is 261 g/mol. The highest BCUT2D eigenvalue weighted by atomic mass is 16.2. The topological polar surface area (TPSA) is 62.5 Å². The highest BCUT2D eigenvalue weighted by Gasteiger charge is 2.09. The van der Waals surface area contributed by atoms with Gasteiger partial charge < -0.3 is 10.2 Å². The van der Waals surface area contributed by atoms with Crippen LogP contribution in [0.25, 0.3) is 5.65 Å². The van der Waals surface area contributed by atoms with Gasteiger partial charge in [0.15, 0.2) is 5.65 Å². The normalized spacial score (nSPS) is 11.2. The number of likely N-dealkylation sites (N-methyl/N-ethyl adjacent to an activating group) is 1. The van der Waals surface area contributed by atoms with Crippen LogP contribution in [0.3, 0.4) is 0 Å². The number of nitrogens with one attached hydrogen (secondary N) is 1. The van der Waals surface area contributed by atoms with Crippen molar-refractivity contribution in [1.82, 2.24) is 24.8 Å². The number of rotatable bonds is 4. The Morgan fingerprint density at radius 2 is 2.16 bits per heavy atom. The van der Waals surface area contributed by atoms with Crippen molar-refractivity contribution in [2.75, 3.05) is 20.6 Å². The maximum absolute atomic E-state index is 11.6. The van der Waals surface area contributed by atoms with Gasteiger partial charge in [-0.25, -0.2) is 9.50 Å². The van der Waals surface area contributed by atoms with Crippen molar-refractivity contribution in [2.24, 2.45) is 0 Å². The van der Waals surface area contributed by atoms with E-state index in [1.54, 1.807) is 10.7 Å². The zero-order chi connectivity index (χ0) is 14.0. The van der Waals surface area contributed by atoms with Gasteiger partial charge in [0.05, 0.1) is 12.7 Å². The molecule has 1 amide bonds. The Morgan fingerprint density at radius 3 is 2.84 bits per heavy atom. The summed E-state index contributed by atoms with van der Waals surface area (Å²) >= 11 is 0. The first-order valence-electron chi connectivity index (χ1n) is 6.19. The van der Waals surface area contributed by atoms with Crippen LogP contribution in [0.4, 0.5) is 0 Å². The molecule has 102 valence electrons. The van der Waals surface area contributed by atoms with Crippen LogP contribution < -0.4 is 5.32 Å². The summed E-state index contributed by atoms with van der Waals surface area (Å²) in [7, 11) is 3.73. The number of hydrogen-bond acceptors (Lipinski definition) is 4. The van der Waals surface area contributed by atoms with E-state index in [4.69, 9.17) is 0 Å². The summed E-state index contributed by atoms with van der Waals surface area (Å²) in [5.74, 6) is -0.00581. The minimum atomic E-state index is -0.00581. The van der Waals surface area contributed by atoms with Crippen LogP contribution >= 0.6 is 0 Å². The van der Waals surface area contributed by atoms with Crippen LogP contribution in [0.5, 0.6) is 0 Å². The molecule has 2 aromatic rings. The molecule has 0 atom stereocenters. The zero-order valence-corrected chi connectivity index (χ0v) is 11.8. The van der Waals surface area contributed by atoms with Gasteiger partial charge in [-0.2, -0.15) is 5.10 Å². The van der Waals surface area contributed by atoms with E-state index in [1.807, 2.05) is 38.9 Å². The van der Waals surface area contributed by atoms with Gasteiger partial charge in [0.25, 0.3) is 0 Å². The molecular weight excluding hydrogens is 242 g/mol. The summed E-state index contributed by atoms with van der Waals surface area (Å²) in [6.45, 7) is 4.77. The molecule has 0 fully saturated rings. The summed E-state index contributed by atoms with van der Waals surface area (Å²) in [5.41, 5.74) is 3.72. The average molecular weight is 261 g/mol. The number of hydrogen-bond donors (Lipinski definition) is 1. The first-order valence-corrected chi connectivity index (χ1v) is 6.19. The minimum absolute atomic E-state index is 0.00581. The molecule has 0 aliphatic heterocycles. The molecule has 0 aliphatic carbocycles. The van der Waals surface area contributed by atoms with Crippen molar-refractivity contribution >= 4 is 11.6 Å². The Balaban J connectivity index is 2.15. The predicted molar refractivity (Wildman–Crippen MR) is 72.9 cm³/mol. The van der Waals surface area contributed by atoms with Gasteiger partial charge in [-0.1, -0.05) is 0 Å². The van der Waals surface area contributed by atoms with Crippen LogP contribution in [0, 0.1) is 13.8 Å². The molecule has 6 heteroatoms. The van der Waals surface area contributed by atoms with Gasteiger partial charge in [0.2, 0.25) is 5.91 Å². The van der Waals surface area contributed by atoms with Gasteiger partial charge >= 0.3 is 0 Å². The Hall–Kier alpha value is -1.95. The molecule has 2 aromatic heterocycles. The highest BCUT2D eigenvalue weighted by Crippen LogP contribution is 2.11. The molecule has 2 heterocycles. The number of carbonyl (C=O) groups excluding carboxylic acids is 1. The molecule has 1 N–H and O–H groups in total. The van der Waals surface area contributed by atoms with Gasteiger partial charge in [0.1, 0.15) is 0 Å². The lowest BCUT2D eigenvalue weighted by atomic mass is 10.3. The van der Waals surface area contributed by atoms with Crippen molar-refractivity contribution < 1.29 is 4.79 Å². The number of amides is 1.